The van der Waals surface area contributed by atoms with Gasteiger partial charge in [0.05, 0.1) is 9.85 Å². The minimum Gasteiger partial charge on any atom is -0.322 e. The molecule has 2 rings (SSSR count). The molecule has 0 aromatic carbocycles. The molecule has 0 unspecified atom stereocenters. The van der Waals surface area contributed by atoms with Crippen molar-refractivity contribution >= 4 is 93.8 Å². The maximum absolute atomic E-state index is 10.7. The lowest BCUT2D eigenvalue weighted by atomic mass is 10.4. The third-order valence-corrected chi connectivity index (χ3v) is 3.21. The molecule has 2 aromatic heterocycles. The molecule has 164 valence electrons. The molecule has 0 aliphatic rings. The van der Waals surface area contributed by atoms with Crippen LogP contribution in [0.2, 0.25) is 5.15 Å². The third kappa shape index (κ3) is 15.7. The van der Waals surface area contributed by atoms with Gasteiger partial charge in [-0.2, -0.15) is 0 Å². The van der Waals surface area contributed by atoms with Crippen LogP contribution in [0.1, 0.15) is 14.9 Å². The van der Waals surface area contributed by atoms with Crippen molar-refractivity contribution in [2.45, 2.75) is 14.9 Å². The predicted octanol–water partition coefficient (Wildman–Crippen LogP) is 7.53. The Kier molecular flexibility index (Phi) is 17.1. The number of nitrogens with zero attached hydrogens (tertiary/aromatic N) is 3. The third-order valence-electron chi connectivity index (χ3n) is 2.03. The molecule has 0 saturated heterocycles. The van der Waals surface area contributed by atoms with E-state index < -0.39 is 26.3 Å². The van der Waals surface area contributed by atoms with Gasteiger partial charge in [-0.05, 0) is 65.6 Å². The molecule has 29 heavy (non-hydrogen) atoms. The molecule has 0 aliphatic heterocycles. The predicted molar refractivity (Wildman–Crippen MR) is 124 cm³/mol. The lowest BCUT2D eigenvalue weighted by Gasteiger charge is -1.93. The highest BCUT2D eigenvalue weighted by atomic mass is 79.9. The van der Waals surface area contributed by atoms with E-state index in [1.165, 1.54) is 18.5 Å². The number of nitrogens with one attached hydrogen (secondary N) is 1. The Bertz CT molecular complexity index is 935. The van der Waals surface area contributed by atoms with Gasteiger partial charge in [0, 0.05) is 33.5 Å². The maximum Gasteiger partial charge on any atom is 0.339 e. The summed E-state index contributed by atoms with van der Waals surface area (Å²) in [6.07, 6.45) is 2.74. The van der Waals surface area contributed by atoms with Gasteiger partial charge in [-0.1, -0.05) is 26.5 Å². The summed E-state index contributed by atoms with van der Waals surface area (Å²) in [4.78, 5) is 35.5. The van der Waals surface area contributed by atoms with Crippen LogP contribution in [0.25, 0.3) is 0 Å². The first-order valence-corrected chi connectivity index (χ1v) is 12.3. The molecule has 0 amide bonds. The maximum atomic E-state index is 10.7. The van der Waals surface area contributed by atoms with E-state index in [0.29, 0.717) is 8.95 Å². The molecular formula is C12H13Br2Cl4N4O6P. The average Bonchev–Trinajstić information content (AvgIpc) is 2.50. The molecule has 2 aromatic rings. The number of H-pyrrole nitrogens is 1. The summed E-state index contributed by atoms with van der Waals surface area (Å²) in [5.41, 5.74) is -1.35. The first-order valence-electron chi connectivity index (χ1n) is 5.89. The molecule has 0 bridgehead atoms. The topological polar surface area (TPSA) is 149 Å². The molecule has 2 heterocycles. The molecule has 17 heteroatoms. The number of pyridine rings is 2. The van der Waals surface area contributed by atoms with Gasteiger partial charge >= 0.3 is 22.1 Å². The summed E-state index contributed by atoms with van der Waals surface area (Å²) in [5.74, 6) is 0. The van der Waals surface area contributed by atoms with Gasteiger partial charge < -0.3 is 4.98 Å². The highest BCUT2D eigenvalue weighted by Gasteiger charge is 2.13. The first-order chi connectivity index (χ1) is 12.2. The van der Waals surface area contributed by atoms with Crippen LogP contribution in [0.4, 0.5) is 11.4 Å². The van der Waals surface area contributed by atoms with Crippen molar-refractivity contribution in [1.82, 2.24) is 9.97 Å². The molecule has 0 radical (unpaired) electrons. The quantitative estimate of drug-likeness (QED) is 0.154. The minimum atomic E-state index is -3.22. The van der Waals surface area contributed by atoms with Crippen LogP contribution in [0.15, 0.2) is 38.3 Å². The van der Waals surface area contributed by atoms with Crippen LogP contribution < -0.4 is 5.56 Å². The highest BCUT2D eigenvalue weighted by molar-refractivity contribution is 9.10. The number of rotatable bonds is 2. The summed E-state index contributed by atoms with van der Waals surface area (Å²) in [5, 5.41) is 17.1. The Morgan fingerprint density at radius 1 is 1.00 bits per heavy atom. The SMILES string of the molecule is C.C.O=P(Cl)(Cl)Cl.O=[N+]([O-])c1cc(Br)cnc1Cl.O=c1[nH]cc(Br)cc1[N+](=O)[O-]. The van der Waals surface area contributed by atoms with E-state index in [0.717, 1.165) is 6.07 Å². The highest BCUT2D eigenvalue weighted by Crippen LogP contribution is 2.61. The van der Waals surface area contributed by atoms with Crippen molar-refractivity contribution < 1.29 is 14.4 Å². The number of nitro groups is 2. The summed E-state index contributed by atoms with van der Waals surface area (Å²) >= 11 is 25.3. The van der Waals surface area contributed by atoms with Crippen molar-refractivity contribution in [2.24, 2.45) is 0 Å². The van der Waals surface area contributed by atoms with Crippen molar-refractivity contribution in [1.29, 1.82) is 0 Å². The van der Waals surface area contributed by atoms with E-state index in [9.17, 15) is 29.6 Å². The van der Waals surface area contributed by atoms with E-state index >= 15 is 0 Å². The van der Waals surface area contributed by atoms with Crippen LogP contribution in [0.5, 0.6) is 0 Å². The Morgan fingerprint density at radius 3 is 1.76 bits per heavy atom. The Labute approximate surface area is 201 Å². The van der Waals surface area contributed by atoms with Crippen LogP contribution in [-0.2, 0) is 4.57 Å². The van der Waals surface area contributed by atoms with Crippen LogP contribution >= 0.6 is 82.4 Å². The summed E-state index contributed by atoms with van der Waals surface area (Å²) < 4.78 is 10.5. The zero-order valence-corrected chi connectivity index (χ0v) is 19.4. The van der Waals surface area contributed by atoms with Gasteiger partial charge in [0.2, 0.25) is 5.15 Å². The number of hydrogen-bond donors (Lipinski definition) is 1. The fraction of sp³-hybridized carbons (Fsp3) is 0.167. The standard InChI is InChI=1S/C5H2BrClN2O2.C5H3BrN2O3.2CH4.Cl3OP/c6-3-1-4(9(10)11)5(7)8-2-3;6-3-1-4(8(10)11)5(9)7-2-3;;;1-5(2,3)4/h1-2H;1-2H,(H,7,9);2*1H4;. The Hall–Kier alpha value is -0.750. The van der Waals surface area contributed by atoms with Crippen LogP contribution in [0, 0.1) is 20.2 Å². The Morgan fingerprint density at radius 2 is 1.41 bits per heavy atom. The van der Waals surface area contributed by atoms with Gasteiger partial charge in [-0.3, -0.25) is 29.6 Å². The lowest BCUT2D eigenvalue weighted by Crippen LogP contribution is -2.09. The van der Waals surface area contributed by atoms with Gasteiger partial charge in [-0.15, -0.1) is 0 Å². The van der Waals surface area contributed by atoms with Crippen LogP contribution in [-0.4, -0.2) is 19.8 Å². The Balaban J connectivity index is -0.000000361. The van der Waals surface area contributed by atoms with E-state index in [-0.39, 0.29) is 25.7 Å². The van der Waals surface area contributed by atoms with E-state index in [1.54, 1.807) is 0 Å². The van der Waals surface area contributed by atoms with Gasteiger partial charge in [0.15, 0.2) is 0 Å². The van der Waals surface area contributed by atoms with E-state index in [4.69, 9.17) is 11.6 Å². The summed E-state index contributed by atoms with van der Waals surface area (Å²) in [7, 11) is 0. The van der Waals surface area contributed by atoms with Gasteiger partial charge in [0.25, 0.3) is 0 Å². The van der Waals surface area contributed by atoms with Gasteiger partial charge in [0.1, 0.15) is 0 Å². The summed E-state index contributed by atoms with van der Waals surface area (Å²) in [6.45, 7) is 0. The average molecular weight is 642 g/mol. The number of hydrogen-bond acceptors (Lipinski definition) is 7. The molecule has 10 nitrogen and oxygen atoms in total. The molecule has 0 spiro atoms. The molecule has 1 N–H and O–H groups in total. The van der Waals surface area contributed by atoms with Crippen molar-refractivity contribution in [3.8, 4) is 0 Å². The molecule has 0 fully saturated rings. The second kappa shape index (κ2) is 15.1. The number of halogens is 6. The zero-order chi connectivity index (χ0) is 21.4. The number of aromatic nitrogens is 2. The number of aromatic amines is 1. The zero-order valence-electron chi connectivity index (χ0n) is 12.3. The van der Waals surface area contributed by atoms with Gasteiger partial charge in [-0.25, -0.2) is 4.98 Å². The molecular weight excluding hydrogens is 629 g/mol. The van der Waals surface area contributed by atoms with E-state index in [2.05, 4.69) is 75.6 Å². The normalized spacial score (nSPS) is 9.31. The first kappa shape index (κ1) is 32.9. The smallest absolute Gasteiger partial charge is 0.322 e. The minimum absolute atomic E-state index is 0. The second-order valence-electron chi connectivity index (χ2n) is 3.91. The monoisotopic (exact) mass is 638 g/mol. The second-order valence-corrected chi connectivity index (χ2v) is 12.7. The fourth-order valence-corrected chi connectivity index (χ4v) is 1.94. The van der Waals surface area contributed by atoms with Crippen molar-refractivity contribution in [2.75, 3.05) is 0 Å². The fourth-order valence-electron chi connectivity index (χ4n) is 1.12. The lowest BCUT2D eigenvalue weighted by molar-refractivity contribution is -0.386. The van der Waals surface area contributed by atoms with Crippen molar-refractivity contribution in [3.63, 3.8) is 0 Å². The molecule has 0 saturated carbocycles. The molecule has 0 aliphatic carbocycles. The summed E-state index contributed by atoms with van der Waals surface area (Å²) in [6, 6.07) is 2.45. The van der Waals surface area contributed by atoms with E-state index in [1.807, 2.05) is 0 Å². The van der Waals surface area contributed by atoms with Crippen molar-refractivity contribution in [3.05, 3.63) is 69.2 Å². The molecule has 0 atom stereocenters. The van der Waals surface area contributed by atoms with Crippen LogP contribution in [0.3, 0.4) is 0 Å². The largest absolute Gasteiger partial charge is 0.339 e.